The summed E-state index contributed by atoms with van der Waals surface area (Å²) in [7, 11) is 1.29. The first-order valence-corrected chi connectivity index (χ1v) is 7.51. The SMILES string of the molecule is COc1cccc(CCC(=O)N2CCC(C(=O)O)(C(F)(F)F)C2)c1F. The molecule has 1 fully saturated rings. The van der Waals surface area contributed by atoms with E-state index in [1.165, 1.54) is 25.3 Å². The first-order valence-electron chi connectivity index (χ1n) is 7.51. The van der Waals surface area contributed by atoms with E-state index in [1.807, 2.05) is 0 Å². The Balaban J connectivity index is 2.05. The number of carboxylic acid groups (broad SMARTS) is 1. The summed E-state index contributed by atoms with van der Waals surface area (Å²) in [4.78, 5) is 24.1. The van der Waals surface area contributed by atoms with Gasteiger partial charge in [-0.2, -0.15) is 13.2 Å². The lowest BCUT2D eigenvalue weighted by Crippen LogP contribution is -2.47. The zero-order chi connectivity index (χ0) is 18.8. The van der Waals surface area contributed by atoms with Gasteiger partial charge in [-0.3, -0.25) is 9.59 Å². The van der Waals surface area contributed by atoms with E-state index in [9.17, 15) is 27.2 Å². The maximum Gasteiger partial charge on any atom is 0.406 e. The molecule has 138 valence electrons. The Morgan fingerprint density at radius 1 is 1.36 bits per heavy atom. The minimum Gasteiger partial charge on any atom is -0.494 e. The van der Waals surface area contributed by atoms with Crippen LogP contribution in [0.3, 0.4) is 0 Å². The Kier molecular flexibility index (Phi) is 5.24. The third-order valence-electron chi connectivity index (χ3n) is 4.45. The van der Waals surface area contributed by atoms with Crippen LogP contribution in [0, 0.1) is 11.2 Å². The average molecular weight is 363 g/mol. The molecule has 0 aliphatic carbocycles. The summed E-state index contributed by atoms with van der Waals surface area (Å²) >= 11 is 0. The van der Waals surface area contributed by atoms with Gasteiger partial charge in [-0.15, -0.1) is 0 Å². The van der Waals surface area contributed by atoms with E-state index in [2.05, 4.69) is 0 Å². The molecular weight excluding hydrogens is 346 g/mol. The molecule has 1 aromatic carbocycles. The summed E-state index contributed by atoms with van der Waals surface area (Å²) in [6, 6.07) is 4.40. The Morgan fingerprint density at radius 2 is 2.04 bits per heavy atom. The van der Waals surface area contributed by atoms with E-state index in [4.69, 9.17) is 9.84 Å². The Labute approximate surface area is 141 Å². The summed E-state index contributed by atoms with van der Waals surface area (Å²) in [5, 5.41) is 8.98. The standard InChI is InChI=1S/C16H17F4NO4/c1-25-11-4-2-3-10(13(11)17)5-6-12(22)21-8-7-15(9-21,14(23)24)16(18,19)20/h2-4H,5-9H2,1H3,(H,23,24). The molecule has 1 saturated heterocycles. The van der Waals surface area contributed by atoms with Gasteiger partial charge in [-0.05, 0) is 24.5 Å². The molecule has 1 unspecified atom stereocenters. The van der Waals surface area contributed by atoms with Crippen LogP contribution in [-0.2, 0) is 16.0 Å². The van der Waals surface area contributed by atoms with Crippen molar-refractivity contribution >= 4 is 11.9 Å². The first kappa shape index (κ1) is 19.0. The quantitative estimate of drug-likeness (QED) is 0.817. The normalized spacial score (nSPS) is 20.6. The van der Waals surface area contributed by atoms with E-state index in [0.717, 1.165) is 4.90 Å². The van der Waals surface area contributed by atoms with E-state index in [1.54, 1.807) is 0 Å². The molecule has 1 heterocycles. The van der Waals surface area contributed by atoms with Crippen LogP contribution >= 0.6 is 0 Å². The molecule has 0 saturated carbocycles. The Morgan fingerprint density at radius 3 is 2.56 bits per heavy atom. The molecule has 0 bridgehead atoms. The van der Waals surface area contributed by atoms with Crippen molar-refractivity contribution in [1.82, 2.24) is 4.90 Å². The fraction of sp³-hybridized carbons (Fsp3) is 0.500. The molecule has 5 nitrogen and oxygen atoms in total. The van der Waals surface area contributed by atoms with Crippen molar-refractivity contribution < 1.29 is 37.0 Å². The van der Waals surface area contributed by atoms with Gasteiger partial charge in [-0.25, -0.2) is 4.39 Å². The van der Waals surface area contributed by atoms with Crippen LogP contribution in [0.5, 0.6) is 5.75 Å². The summed E-state index contributed by atoms with van der Waals surface area (Å²) in [5.41, 5.74) is -2.74. The lowest BCUT2D eigenvalue weighted by atomic mass is 9.86. The highest BCUT2D eigenvalue weighted by molar-refractivity contribution is 5.81. The van der Waals surface area contributed by atoms with E-state index >= 15 is 0 Å². The molecule has 0 spiro atoms. The van der Waals surface area contributed by atoms with Crippen LogP contribution in [0.15, 0.2) is 18.2 Å². The number of aliphatic carboxylic acids is 1. The van der Waals surface area contributed by atoms with Crippen molar-refractivity contribution in [3.63, 3.8) is 0 Å². The molecule has 25 heavy (non-hydrogen) atoms. The first-order chi connectivity index (χ1) is 11.6. The number of methoxy groups -OCH3 is 1. The number of carbonyl (C=O) groups is 2. The number of rotatable bonds is 5. The summed E-state index contributed by atoms with van der Waals surface area (Å²) < 4.78 is 58.2. The third-order valence-corrected chi connectivity index (χ3v) is 4.45. The predicted molar refractivity (Wildman–Crippen MR) is 78.6 cm³/mol. The van der Waals surface area contributed by atoms with Crippen molar-refractivity contribution in [2.24, 2.45) is 5.41 Å². The van der Waals surface area contributed by atoms with Gasteiger partial charge < -0.3 is 14.7 Å². The highest BCUT2D eigenvalue weighted by Crippen LogP contribution is 2.45. The second-order valence-electron chi connectivity index (χ2n) is 5.88. The van der Waals surface area contributed by atoms with Crippen LogP contribution < -0.4 is 4.74 Å². The number of carboxylic acids is 1. The average Bonchev–Trinajstić information content (AvgIpc) is 3.00. The van der Waals surface area contributed by atoms with Crippen molar-refractivity contribution in [3.05, 3.63) is 29.6 Å². The van der Waals surface area contributed by atoms with Gasteiger partial charge in [0.15, 0.2) is 17.0 Å². The summed E-state index contributed by atoms with van der Waals surface area (Å²) in [6.07, 6.45) is -5.89. The topological polar surface area (TPSA) is 66.8 Å². The number of nitrogens with zero attached hydrogens (tertiary/aromatic N) is 1. The van der Waals surface area contributed by atoms with Crippen molar-refractivity contribution in [3.8, 4) is 5.75 Å². The Bertz CT molecular complexity index is 677. The highest BCUT2D eigenvalue weighted by atomic mass is 19.4. The van der Waals surface area contributed by atoms with Gasteiger partial charge in [0.25, 0.3) is 0 Å². The number of halogens is 4. The van der Waals surface area contributed by atoms with Crippen LogP contribution in [0.25, 0.3) is 0 Å². The van der Waals surface area contributed by atoms with Gasteiger partial charge in [0.1, 0.15) is 0 Å². The lowest BCUT2D eigenvalue weighted by molar-refractivity contribution is -0.227. The molecule has 9 heteroatoms. The largest absolute Gasteiger partial charge is 0.494 e. The zero-order valence-corrected chi connectivity index (χ0v) is 13.4. The Hall–Kier alpha value is -2.32. The van der Waals surface area contributed by atoms with E-state index in [0.29, 0.717) is 0 Å². The molecule has 1 amide bonds. The molecular formula is C16H17F4NO4. The molecule has 1 aliphatic rings. The molecule has 1 aliphatic heterocycles. The fourth-order valence-electron chi connectivity index (χ4n) is 2.86. The van der Waals surface area contributed by atoms with Gasteiger partial charge in [-0.1, -0.05) is 12.1 Å². The smallest absolute Gasteiger partial charge is 0.406 e. The molecule has 2 rings (SSSR count). The summed E-state index contributed by atoms with van der Waals surface area (Å²) in [5.74, 6) is -3.26. The number of hydrogen-bond acceptors (Lipinski definition) is 3. The molecule has 1 N–H and O–H groups in total. The minimum atomic E-state index is -4.95. The maximum absolute atomic E-state index is 14.0. The number of benzene rings is 1. The van der Waals surface area contributed by atoms with E-state index in [-0.39, 0.29) is 30.7 Å². The number of likely N-dealkylation sites (tertiary alicyclic amines) is 1. The molecule has 0 radical (unpaired) electrons. The van der Waals surface area contributed by atoms with Gasteiger partial charge in [0, 0.05) is 19.5 Å². The molecule has 0 aromatic heterocycles. The highest BCUT2D eigenvalue weighted by Gasteiger charge is 2.64. The van der Waals surface area contributed by atoms with Crippen LogP contribution in [0.2, 0.25) is 0 Å². The van der Waals surface area contributed by atoms with Crippen molar-refractivity contribution in [2.75, 3.05) is 20.2 Å². The predicted octanol–water partition coefficient (Wildman–Crippen LogP) is 2.63. The summed E-state index contributed by atoms with van der Waals surface area (Å²) in [6.45, 7) is -1.23. The van der Waals surface area contributed by atoms with Crippen molar-refractivity contribution in [2.45, 2.75) is 25.4 Å². The molecule has 1 aromatic rings. The molecule has 1 atom stereocenters. The van der Waals surface area contributed by atoms with Gasteiger partial charge in [0.05, 0.1) is 7.11 Å². The van der Waals surface area contributed by atoms with Crippen LogP contribution in [-0.4, -0.2) is 48.3 Å². The second-order valence-corrected chi connectivity index (χ2v) is 5.88. The zero-order valence-electron chi connectivity index (χ0n) is 13.4. The number of amides is 1. The lowest BCUT2D eigenvalue weighted by Gasteiger charge is -2.27. The minimum absolute atomic E-state index is 0.00749. The maximum atomic E-state index is 14.0. The van der Waals surface area contributed by atoms with Crippen LogP contribution in [0.4, 0.5) is 17.6 Å². The van der Waals surface area contributed by atoms with E-state index < -0.39 is 42.3 Å². The van der Waals surface area contributed by atoms with Gasteiger partial charge >= 0.3 is 12.1 Å². The van der Waals surface area contributed by atoms with Crippen molar-refractivity contribution in [1.29, 1.82) is 0 Å². The number of carbonyl (C=O) groups excluding carboxylic acids is 1. The number of ether oxygens (including phenoxy) is 1. The van der Waals surface area contributed by atoms with Gasteiger partial charge in [0.2, 0.25) is 5.91 Å². The number of alkyl halides is 3. The monoisotopic (exact) mass is 363 g/mol. The number of hydrogen-bond donors (Lipinski definition) is 1. The third kappa shape index (κ3) is 3.54. The second kappa shape index (κ2) is 6.89. The number of aryl methyl sites for hydroxylation is 1. The fourth-order valence-corrected chi connectivity index (χ4v) is 2.86. The van der Waals surface area contributed by atoms with Crippen LogP contribution in [0.1, 0.15) is 18.4 Å².